The van der Waals surface area contributed by atoms with E-state index >= 15 is 0 Å². The second-order valence-corrected chi connectivity index (χ2v) is 4.74. The van der Waals surface area contributed by atoms with Crippen molar-refractivity contribution in [2.24, 2.45) is 0 Å². The number of halogens is 2. The molecule has 106 valence electrons. The Hall–Kier alpha value is -0.970. The summed E-state index contributed by atoms with van der Waals surface area (Å²) in [5.41, 5.74) is 0. The predicted octanol–water partition coefficient (Wildman–Crippen LogP) is 2.49. The quantitative estimate of drug-likeness (QED) is 0.761. The maximum absolute atomic E-state index is 11.8. The largest absolute Gasteiger partial charge is 0.479 e. The summed E-state index contributed by atoms with van der Waals surface area (Å²) in [6, 6.07) is 5.06. The number of benzene rings is 1. The number of hydrogen-bond acceptors (Lipinski definition) is 3. The second kappa shape index (κ2) is 8.25. The van der Waals surface area contributed by atoms with Gasteiger partial charge >= 0.3 is 0 Å². The van der Waals surface area contributed by atoms with Crippen molar-refractivity contribution in [3.05, 3.63) is 28.2 Å². The SMILES string of the molecule is CCNCCNC(=O)C(C)Oc1cccc(Cl)c1Cl. The van der Waals surface area contributed by atoms with Crippen LogP contribution in [-0.2, 0) is 4.79 Å². The van der Waals surface area contributed by atoms with Gasteiger partial charge in [-0.2, -0.15) is 0 Å². The second-order valence-electron chi connectivity index (χ2n) is 3.96. The first-order chi connectivity index (χ1) is 9.06. The molecule has 1 atom stereocenters. The van der Waals surface area contributed by atoms with E-state index in [1.54, 1.807) is 25.1 Å². The molecule has 0 aliphatic heterocycles. The van der Waals surface area contributed by atoms with Crippen molar-refractivity contribution in [2.75, 3.05) is 19.6 Å². The van der Waals surface area contributed by atoms with Crippen LogP contribution in [0.3, 0.4) is 0 Å². The normalized spacial score (nSPS) is 12.0. The van der Waals surface area contributed by atoms with Gasteiger partial charge in [0, 0.05) is 13.1 Å². The van der Waals surface area contributed by atoms with Gasteiger partial charge in [0.2, 0.25) is 0 Å². The van der Waals surface area contributed by atoms with E-state index in [0.717, 1.165) is 13.1 Å². The number of nitrogens with one attached hydrogen (secondary N) is 2. The molecule has 2 N–H and O–H groups in total. The molecule has 0 saturated carbocycles. The number of ether oxygens (including phenoxy) is 1. The van der Waals surface area contributed by atoms with E-state index < -0.39 is 6.10 Å². The Morgan fingerprint density at radius 1 is 1.37 bits per heavy atom. The molecule has 0 spiro atoms. The summed E-state index contributed by atoms with van der Waals surface area (Å²) < 4.78 is 5.50. The molecule has 6 heteroatoms. The third kappa shape index (κ3) is 5.27. The van der Waals surface area contributed by atoms with Crippen LogP contribution in [0.15, 0.2) is 18.2 Å². The summed E-state index contributed by atoms with van der Waals surface area (Å²) in [6.45, 7) is 5.84. The number of amides is 1. The van der Waals surface area contributed by atoms with E-state index in [4.69, 9.17) is 27.9 Å². The van der Waals surface area contributed by atoms with E-state index in [2.05, 4.69) is 10.6 Å². The molecule has 4 nitrogen and oxygen atoms in total. The first-order valence-corrected chi connectivity index (χ1v) is 6.91. The molecular formula is C13H18Cl2N2O2. The highest BCUT2D eigenvalue weighted by Crippen LogP contribution is 2.31. The number of carbonyl (C=O) groups is 1. The van der Waals surface area contributed by atoms with Crippen molar-refractivity contribution in [1.82, 2.24) is 10.6 Å². The van der Waals surface area contributed by atoms with Crippen LogP contribution in [0.2, 0.25) is 10.0 Å². The van der Waals surface area contributed by atoms with Gasteiger partial charge in [-0.1, -0.05) is 36.2 Å². The molecule has 0 heterocycles. The Bertz CT molecular complexity index is 427. The van der Waals surface area contributed by atoms with Crippen molar-refractivity contribution in [3.8, 4) is 5.75 Å². The van der Waals surface area contributed by atoms with E-state index in [9.17, 15) is 4.79 Å². The lowest BCUT2D eigenvalue weighted by Crippen LogP contribution is -2.39. The van der Waals surface area contributed by atoms with Gasteiger partial charge < -0.3 is 15.4 Å². The highest BCUT2D eigenvalue weighted by atomic mass is 35.5. The Balaban J connectivity index is 2.47. The van der Waals surface area contributed by atoms with E-state index in [1.807, 2.05) is 6.92 Å². The standard InChI is InChI=1S/C13H18Cl2N2O2/c1-3-16-7-8-17-13(18)9(2)19-11-6-4-5-10(14)12(11)15/h4-6,9,16H,3,7-8H2,1-2H3,(H,17,18). The molecule has 1 unspecified atom stereocenters. The minimum atomic E-state index is -0.627. The lowest BCUT2D eigenvalue weighted by atomic mass is 10.3. The Morgan fingerprint density at radius 2 is 2.11 bits per heavy atom. The van der Waals surface area contributed by atoms with Gasteiger partial charge in [-0.15, -0.1) is 0 Å². The van der Waals surface area contributed by atoms with Crippen LogP contribution in [0.5, 0.6) is 5.75 Å². The van der Waals surface area contributed by atoms with Gasteiger partial charge in [-0.05, 0) is 25.6 Å². The summed E-state index contributed by atoms with van der Waals surface area (Å²) in [6.07, 6.45) is -0.627. The molecular weight excluding hydrogens is 287 g/mol. The van der Waals surface area contributed by atoms with Crippen LogP contribution in [0.4, 0.5) is 0 Å². The molecule has 0 fully saturated rings. The molecule has 0 saturated heterocycles. The summed E-state index contributed by atoms with van der Waals surface area (Å²) in [7, 11) is 0. The molecule has 1 aromatic carbocycles. The monoisotopic (exact) mass is 304 g/mol. The fourth-order valence-corrected chi connectivity index (χ4v) is 1.75. The number of hydrogen-bond donors (Lipinski definition) is 2. The topological polar surface area (TPSA) is 50.4 Å². The average molecular weight is 305 g/mol. The number of likely N-dealkylation sites (N-methyl/N-ethyl adjacent to an activating group) is 1. The summed E-state index contributed by atoms with van der Waals surface area (Å²) >= 11 is 11.9. The van der Waals surface area contributed by atoms with Crippen molar-refractivity contribution in [1.29, 1.82) is 0 Å². The summed E-state index contributed by atoms with van der Waals surface area (Å²) in [4.78, 5) is 11.8. The van der Waals surface area contributed by atoms with E-state index in [-0.39, 0.29) is 5.91 Å². The molecule has 1 rings (SSSR count). The van der Waals surface area contributed by atoms with Crippen molar-refractivity contribution in [3.63, 3.8) is 0 Å². The molecule has 0 bridgehead atoms. The van der Waals surface area contributed by atoms with Crippen molar-refractivity contribution in [2.45, 2.75) is 20.0 Å². The van der Waals surface area contributed by atoms with E-state index in [0.29, 0.717) is 22.3 Å². The van der Waals surface area contributed by atoms with Gasteiger partial charge in [0.15, 0.2) is 6.10 Å². The van der Waals surface area contributed by atoms with Crippen LogP contribution in [0.1, 0.15) is 13.8 Å². The van der Waals surface area contributed by atoms with Crippen LogP contribution in [0.25, 0.3) is 0 Å². The zero-order valence-electron chi connectivity index (χ0n) is 11.0. The van der Waals surface area contributed by atoms with Crippen molar-refractivity contribution < 1.29 is 9.53 Å². The maximum Gasteiger partial charge on any atom is 0.260 e. The number of rotatable bonds is 7. The third-order valence-corrected chi connectivity index (χ3v) is 3.24. The molecule has 1 amide bonds. The van der Waals surface area contributed by atoms with Crippen LogP contribution < -0.4 is 15.4 Å². The fraction of sp³-hybridized carbons (Fsp3) is 0.462. The highest BCUT2D eigenvalue weighted by molar-refractivity contribution is 6.42. The zero-order valence-corrected chi connectivity index (χ0v) is 12.5. The third-order valence-electron chi connectivity index (χ3n) is 2.44. The van der Waals surface area contributed by atoms with Gasteiger partial charge in [-0.3, -0.25) is 4.79 Å². The van der Waals surface area contributed by atoms with Crippen molar-refractivity contribution >= 4 is 29.1 Å². The Labute approximate surface area is 123 Å². The minimum absolute atomic E-state index is 0.186. The van der Waals surface area contributed by atoms with Crippen LogP contribution in [-0.4, -0.2) is 31.6 Å². The minimum Gasteiger partial charge on any atom is -0.479 e. The summed E-state index contributed by atoms with van der Waals surface area (Å²) in [5, 5.41) is 6.60. The number of carbonyl (C=O) groups excluding carboxylic acids is 1. The maximum atomic E-state index is 11.8. The summed E-state index contributed by atoms with van der Waals surface area (Å²) in [5.74, 6) is 0.220. The molecule has 0 aliphatic rings. The predicted molar refractivity (Wildman–Crippen MR) is 78.1 cm³/mol. The van der Waals surface area contributed by atoms with Gasteiger partial charge in [0.25, 0.3) is 5.91 Å². The smallest absolute Gasteiger partial charge is 0.260 e. The Kier molecular flexibility index (Phi) is 6.99. The zero-order chi connectivity index (χ0) is 14.3. The average Bonchev–Trinajstić information content (AvgIpc) is 2.39. The Morgan fingerprint density at radius 3 is 2.79 bits per heavy atom. The molecule has 0 aromatic heterocycles. The first kappa shape index (κ1) is 16.1. The van der Waals surface area contributed by atoms with Gasteiger partial charge in [0.1, 0.15) is 10.8 Å². The van der Waals surface area contributed by atoms with Gasteiger partial charge in [0.05, 0.1) is 5.02 Å². The molecule has 19 heavy (non-hydrogen) atoms. The molecule has 0 aliphatic carbocycles. The highest BCUT2D eigenvalue weighted by Gasteiger charge is 2.16. The first-order valence-electron chi connectivity index (χ1n) is 6.15. The lowest BCUT2D eigenvalue weighted by Gasteiger charge is -2.16. The molecule has 1 aromatic rings. The van der Waals surface area contributed by atoms with Gasteiger partial charge in [-0.25, -0.2) is 0 Å². The van der Waals surface area contributed by atoms with Crippen LogP contribution in [0, 0.1) is 0 Å². The van der Waals surface area contributed by atoms with E-state index in [1.165, 1.54) is 0 Å². The molecule has 0 radical (unpaired) electrons. The lowest BCUT2D eigenvalue weighted by molar-refractivity contribution is -0.127. The fourth-order valence-electron chi connectivity index (χ4n) is 1.41. The van der Waals surface area contributed by atoms with Crippen LogP contribution >= 0.6 is 23.2 Å².